The van der Waals surface area contributed by atoms with Crippen LogP contribution in [-0.4, -0.2) is 39.6 Å². The van der Waals surface area contributed by atoms with Crippen molar-refractivity contribution in [2.24, 2.45) is 5.41 Å². The maximum atomic E-state index is 11.8. The maximum absolute atomic E-state index is 11.8. The van der Waals surface area contributed by atoms with Gasteiger partial charge in [0.05, 0.1) is 12.0 Å². The van der Waals surface area contributed by atoms with Crippen LogP contribution in [0.15, 0.2) is 0 Å². The number of hydrogen-bond acceptors (Lipinski definition) is 5. The second kappa shape index (κ2) is 3.93. The van der Waals surface area contributed by atoms with E-state index in [1.165, 1.54) is 0 Å². The second-order valence-electron chi connectivity index (χ2n) is 4.00. The van der Waals surface area contributed by atoms with Gasteiger partial charge in [-0.05, 0) is 19.9 Å². The van der Waals surface area contributed by atoms with E-state index in [4.69, 9.17) is 0 Å². The normalized spacial score (nSPS) is 25.4. The summed E-state index contributed by atoms with van der Waals surface area (Å²) in [5, 5.41) is 19.3. The van der Waals surface area contributed by atoms with E-state index in [0.717, 1.165) is 19.5 Å². The molecule has 1 saturated heterocycles. The van der Waals surface area contributed by atoms with E-state index in [1.807, 2.05) is 6.92 Å². The Morgan fingerprint density at radius 2 is 2.53 bits per heavy atom. The molecule has 1 aromatic rings. The number of carbonyl (C=O) groups is 1. The van der Waals surface area contributed by atoms with Crippen LogP contribution in [0.25, 0.3) is 0 Å². The predicted molar refractivity (Wildman–Crippen MR) is 51.6 cm³/mol. The number of tetrazole rings is 1. The highest BCUT2D eigenvalue weighted by Gasteiger charge is 2.36. The van der Waals surface area contributed by atoms with Gasteiger partial charge in [0.25, 0.3) is 0 Å². The predicted octanol–water partition coefficient (Wildman–Crippen LogP) is -1.18. The Morgan fingerprint density at radius 3 is 3.13 bits per heavy atom. The first kappa shape index (κ1) is 10.0. The van der Waals surface area contributed by atoms with E-state index >= 15 is 0 Å². The molecule has 2 heterocycles. The van der Waals surface area contributed by atoms with Gasteiger partial charge in [-0.25, -0.2) is 0 Å². The van der Waals surface area contributed by atoms with Crippen molar-refractivity contribution in [1.82, 2.24) is 31.3 Å². The standard InChI is InChI=1S/C8H14N6O/c1-8(2-3-9-5-8)7(15)10-4-6-11-13-14-12-6/h9H,2-5H2,1H3,(H,10,15)(H,11,12,13,14). The highest BCUT2D eigenvalue weighted by Crippen LogP contribution is 2.24. The van der Waals surface area contributed by atoms with Crippen LogP contribution in [0.4, 0.5) is 0 Å². The fourth-order valence-corrected chi connectivity index (χ4v) is 1.64. The molecule has 0 aromatic carbocycles. The summed E-state index contributed by atoms with van der Waals surface area (Å²) in [7, 11) is 0. The third-order valence-electron chi connectivity index (χ3n) is 2.71. The minimum atomic E-state index is -0.302. The summed E-state index contributed by atoms with van der Waals surface area (Å²) in [5.74, 6) is 0.537. The molecular formula is C8H14N6O. The molecule has 1 unspecified atom stereocenters. The number of hydrogen-bond donors (Lipinski definition) is 3. The number of aromatic amines is 1. The largest absolute Gasteiger partial charge is 0.348 e. The lowest BCUT2D eigenvalue weighted by atomic mass is 9.89. The molecule has 1 aliphatic heterocycles. The van der Waals surface area contributed by atoms with Gasteiger partial charge < -0.3 is 10.6 Å². The van der Waals surface area contributed by atoms with E-state index in [1.54, 1.807) is 0 Å². The lowest BCUT2D eigenvalue weighted by Gasteiger charge is -2.20. The summed E-state index contributed by atoms with van der Waals surface area (Å²) in [6.07, 6.45) is 0.866. The van der Waals surface area contributed by atoms with Crippen LogP contribution in [0.3, 0.4) is 0 Å². The molecule has 1 aromatic heterocycles. The van der Waals surface area contributed by atoms with Crippen LogP contribution in [0.5, 0.6) is 0 Å². The average molecular weight is 210 g/mol. The number of H-pyrrole nitrogens is 1. The number of aromatic nitrogens is 4. The summed E-state index contributed by atoms with van der Waals surface area (Å²) >= 11 is 0. The van der Waals surface area contributed by atoms with Gasteiger partial charge in [-0.3, -0.25) is 4.79 Å². The van der Waals surface area contributed by atoms with Crippen LogP contribution >= 0.6 is 0 Å². The van der Waals surface area contributed by atoms with Crippen molar-refractivity contribution in [1.29, 1.82) is 0 Å². The molecule has 0 bridgehead atoms. The third kappa shape index (κ3) is 2.12. The number of nitrogens with one attached hydrogen (secondary N) is 3. The second-order valence-corrected chi connectivity index (χ2v) is 4.00. The van der Waals surface area contributed by atoms with Crippen LogP contribution < -0.4 is 10.6 Å². The van der Waals surface area contributed by atoms with E-state index in [2.05, 4.69) is 31.3 Å². The lowest BCUT2D eigenvalue weighted by molar-refractivity contribution is -0.129. The Hall–Kier alpha value is -1.50. The molecule has 3 N–H and O–H groups in total. The quantitative estimate of drug-likeness (QED) is 0.583. The molecule has 0 saturated carbocycles. The van der Waals surface area contributed by atoms with Gasteiger partial charge in [0, 0.05) is 6.54 Å². The van der Waals surface area contributed by atoms with Gasteiger partial charge in [-0.1, -0.05) is 5.21 Å². The molecule has 7 nitrogen and oxygen atoms in total. The molecule has 15 heavy (non-hydrogen) atoms. The van der Waals surface area contributed by atoms with Crippen molar-refractivity contribution in [2.75, 3.05) is 13.1 Å². The summed E-state index contributed by atoms with van der Waals surface area (Å²) in [6, 6.07) is 0. The van der Waals surface area contributed by atoms with Gasteiger partial charge in [0.15, 0.2) is 5.82 Å². The van der Waals surface area contributed by atoms with Crippen LogP contribution in [0.1, 0.15) is 19.2 Å². The Bertz CT molecular complexity index is 329. The zero-order chi connectivity index (χ0) is 10.7. The molecule has 1 fully saturated rings. The first-order chi connectivity index (χ1) is 7.21. The van der Waals surface area contributed by atoms with E-state index in [9.17, 15) is 4.79 Å². The minimum Gasteiger partial charge on any atom is -0.348 e. The fourth-order valence-electron chi connectivity index (χ4n) is 1.64. The molecular weight excluding hydrogens is 196 g/mol. The lowest BCUT2D eigenvalue weighted by Crippen LogP contribution is -2.40. The van der Waals surface area contributed by atoms with Crippen LogP contribution in [0.2, 0.25) is 0 Å². The SMILES string of the molecule is CC1(C(=O)NCc2nn[nH]n2)CCNC1. The minimum absolute atomic E-state index is 0.0392. The number of rotatable bonds is 3. The Labute approximate surface area is 87.0 Å². The molecule has 7 heteroatoms. The molecule has 1 amide bonds. The topological polar surface area (TPSA) is 95.6 Å². The van der Waals surface area contributed by atoms with Gasteiger partial charge in [-0.2, -0.15) is 5.21 Å². The molecule has 0 aliphatic carbocycles. The summed E-state index contributed by atoms with van der Waals surface area (Å²) in [6.45, 7) is 3.90. The number of carbonyl (C=O) groups excluding carboxylic acids is 1. The van der Waals surface area contributed by atoms with Gasteiger partial charge in [-0.15, -0.1) is 10.2 Å². The Kier molecular flexibility index (Phi) is 2.63. The van der Waals surface area contributed by atoms with E-state index in [0.29, 0.717) is 12.4 Å². The zero-order valence-corrected chi connectivity index (χ0v) is 8.58. The average Bonchev–Trinajstić information content (AvgIpc) is 2.85. The molecule has 0 radical (unpaired) electrons. The Morgan fingerprint density at radius 1 is 1.67 bits per heavy atom. The molecule has 0 spiro atoms. The molecule has 2 rings (SSSR count). The first-order valence-corrected chi connectivity index (χ1v) is 4.92. The molecule has 1 atom stereocenters. The maximum Gasteiger partial charge on any atom is 0.227 e. The summed E-state index contributed by atoms with van der Waals surface area (Å²) in [5.41, 5.74) is -0.302. The fraction of sp³-hybridized carbons (Fsp3) is 0.750. The zero-order valence-electron chi connectivity index (χ0n) is 8.58. The molecule has 82 valence electrons. The van der Waals surface area contributed by atoms with Gasteiger partial charge in [0.1, 0.15) is 0 Å². The summed E-state index contributed by atoms with van der Waals surface area (Å²) in [4.78, 5) is 11.8. The van der Waals surface area contributed by atoms with Crippen molar-refractivity contribution in [2.45, 2.75) is 19.9 Å². The monoisotopic (exact) mass is 210 g/mol. The van der Waals surface area contributed by atoms with Crippen LogP contribution in [0, 0.1) is 5.41 Å². The summed E-state index contributed by atoms with van der Waals surface area (Å²) < 4.78 is 0. The van der Waals surface area contributed by atoms with Crippen molar-refractivity contribution in [3.8, 4) is 0 Å². The van der Waals surface area contributed by atoms with Crippen LogP contribution in [-0.2, 0) is 11.3 Å². The van der Waals surface area contributed by atoms with Crippen molar-refractivity contribution < 1.29 is 4.79 Å². The van der Waals surface area contributed by atoms with E-state index < -0.39 is 0 Å². The first-order valence-electron chi connectivity index (χ1n) is 4.92. The third-order valence-corrected chi connectivity index (χ3v) is 2.71. The van der Waals surface area contributed by atoms with Crippen molar-refractivity contribution in [3.63, 3.8) is 0 Å². The molecule has 1 aliphatic rings. The van der Waals surface area contributed by atoms with Crippen molar-refractivity contribution in [3.05, 3.63) is 5.82 Å². The highest BCUT2D eigenvalue weighted by atomic mass is 16.2. The smallest absolute Gasteiger partial charge is 0.227 e. The Balaban J connectivity index is 1.87. The van der Waals surface area contributed by atoms with Crippen molar-refractivity contribution >= 4 is 5.91 Å². The van der Waals surface area contributed by atoms with Gasteiger partial charge >= 0.3 is 0 Å². The van der Waals surface area contributed by atoms with Gasteiger partial charge in [0.2, 0.25) is 5.91 Å². The number of amides is 1. The van der Waals surface area contributed by atoms with E-state index in [-0.39, 0.29) is 11.3 Å². The highest BCUT2D eigenvalue weighted by molar-refractivity contribution is 5.82. The number of nitrogens with zero attached hydrogens (tertiary/aromatic N) is 3.